The van der Waals surface area contributed by atoms with Gasteiger partial charge < -0.3 is 20.3 Å². The zero-order valence-corrected chi connectivity index (χ0v) is 20.2. The summed E-state index contributed by atoms with van der Waals surface area (Å²) in [5, 5.41) is 20.0. The topological polar surface area (TPSA) is 92.1 Å². The highest BCUT2D eigenvalue weighted by atomic mass is 35.5. The quantitative estimate of drug-likeness (QED) is 0.452. The predicted molar refractivity (Wildman–Crippen MR) is 129 cm³/mol. The summed E-state index contributed by atoms with van der Waals surface area (Å²) in [5.41, 5.74) is 2.49. The van der Waals surface area contributed by atoms with E-state index in [4.69, 9.17) is 11.6 Å². The Bertz CT molecular complexity index is 1080. The van der Waals surface area contributed by atoms with Crippen LogP contribution in [0.1, 0.15) is 44.5 Å². The van der Waals surface area contributed by atoms with Crippen molar-refractivity contribution in [1.29, 1.82) is 0 Å². The van der Waals surface area contributed by atoms with Gasteiger partial charge in [-0.05, 0) is 37.3 Å². The summed E-state index contributed by atoms with van der Waals surface area (Å²) in [6, 6.07) is 4.06. The van der Waals surface area contributed by atoms with Crippen molar-refractivity contribution in [2.24, 2.45) is 11.8 Å². The smallest absolute Gasteiger partial charge is 0.225 e. The second-order valence-corrected chi connectivity index (χ2v) is 9.89. The molecule has 3 aromatic heterocycles. The van der Waals surface area contributed by atoms with E-state index < -0.39 is 12.0 Å². The normalized spacial score (nSPS) is 24.0. The molecule has 1 aliphatic rings. The SMILES string of the molecule is CCNC(=O)[C@H]1CC(n2cnc3c(N[C@H](CC)Cc4sccc4Cl)ccnc32)[C@H](C)[C@@H]1O. The molecular weight excluding hydrogens is 446 g/mol. The van der Waals surface area contributed by atoms with E-state index in [0.717, 1.165) is 34.7 Å². The van der Waals surface area contributed by atoms with Crippen LogP contribution >= 0.6 is 22.9 Å². The van der Waals surface area contributed by atoms with Crippen LogP contribution in [0.3, 0.4) is 0 Å². The van der Waals surface area contributed by atoms with E-state index in [1.807, 2.05) is 35.9 Å². The number of halogens is 1. The predicted octanol–water partition coefficient (Wildman–Crippen LogP) is 4.27. The minimum Gasteiger partial charge on any atom is -0.392 e. The minimum absolute atomic E-state index is 0.0442. The number of carbonyl (C=O) groups excluding carboxylic acids is 1. The highest BCUT2D eigenvalue weighted by molar-refractivity contribution is 7.10. The van der Waals surface area contributed by atoms with Crippen LogP contribution < -0.4 is 10.6 Å². The molecule has 0 aliphatic heterocycles. The number of hydrogen-bond donors (Lipinski definition) is 3. The second-order valence-electron chi connectivity index (χ2n) is 8.48. The molecule has 3 aromatic rings. The molecule has 3 N–H and O–H groups in total. The fraction of sp³-hybridized carbons (Fsp3) is 0.522. The van der Waals surface area contributed by atoms with Gasteiger partial charge in [-0.15, -0.1) is 11.3 Å². The van der Waals surface area contributed by atoms with Crippen LogP contribution in [-0.4, -0.2) is 44.2 Å². The molecule has 4 rings (SSSR count). The van der Waals surface area contributed by atoms with E-state index in [9.17, 15) is 9.90 Å². The molecule has 1 amide bonds. The zero-order chi connectivity index (χ0) is 22.8. The molecule has 32 heavy (non-hydrogen) atoms. The van der Waals surface area contributed by atoms with E-state index in [2.05, 4.69) is 27.5 Å². The summed E-state index contributed by atoms with van der Waals surface area (Å²) in [6.07, 6.45) is 5.23. The maximum absolute atomic E-state index is 12.4. The van der Waals surface area contributed by atoms with Crippen LogP contribution in [0.15, 0.2) is 30.0 Å². The maximum atomic E-state index is 12.4. The highest BCUT2D eigenvalue weighted by Crippen LogP contribution is 2.41. The van der Waals surface area contributed by atoms with Crippen molar-refractivity contribution >= 4 is 45.7 Å². The largest absolute Gasteiger partial charge is 0.392 e. The number of fused-ring (bicyclic) bond motifs is 1. The van der Waals surface area contributed by atoms with Crippen LogP contribution in [0.25, 0.3) is 11.2 Å². The fourth-order valence-corrected chi connectivity index (χ4v) is 5.84. The summed E-state index contributed by atoms with van der Waals surface area (Å²) < 4.78 is 2.02. The molecule has 0 saturated heterocycles. The molecule has 1 saturated carbocycles. The number of imidazole rings is 1. The maximum Gasteiger partial charge on any atom is 0.225 e. The molecule has 1 unspecified atom stereocenters. The first kappa shape index (κ1) is 23.0. The fourth-order valence-electron chi connectivity index (χ4n) is 4.65. The van der Waals surface area contributed by atoms with Gasteiger partial charge >= 0.3 is 0 Å². The Hall–Kier alpha value is -2.16. The average molecular weight is 476 g/mol. The van der Waals surface area contributed by atoms with E-state index >= 15 is 0 Å². The first-order chi connectivity index (χ1) is 15.4. The molecule has 3 heterocycles. The van der Waals surface area contributed by atoms with Gasteiger partial charge in [0.1, 0.15) is 5.52 Å². The second kappa shape index (κ2) is 9.77. The van der Waals surface area contributed by atoms with Crippen LogP contribution in [0, 0.1) is 11.8 Å². The molecule has 0 aromatic carbocycles. The number of aromatic nitrogens is 3. The molecule has 1 fully saturated rings. The number of rotatable bonds is 8. The lowest BCUT2D eigenvalue weighted by molar-refractivity contribution is -0.127. The number of anilines is 1. The monoisotopic (exact) mass is 475 g/mol. The lowest BCUT2D eigenvalue weighted by atomic mass is 10.0. The van der Waals surface area contributed by atoms with Crippen LogP contribution in [0.4, 0.5) is 5.69 Å². The summed E-state index contributed by atoms with van der Waals surface area (Å²) in [6.45, 7) is 6.58. The van der Waals surface area contributed by atoms with Crippen LogP contribution in [0.5, 0.6) is 0 Å². The van der Waals surface area contributed by atoms with Gasteiger partial charge in [-0.1, -0.05) is 25.4 Å². The number of aliphatic hydroxyl groups excluding tert-OH is 1. The van der Waals surface area contributed by atoms with Gasteiger partial charge in [-0.25, -0.2) is 9.97 Å². The third-order valence-corrected chi connectivity index (χ3v) is 7.94. The number of nitrogens with one attached hydrogen (secondary N) is 2. The molecule has 7 nitrogen and oxygen atoms in total. The number of aliphatic hydroxyl groups is 1. The molecule has 9 heteroatoms. The number of pyridine rings is 1. The van der Waals surface area contributed by atoms with E-state index in [1.165, 1.54) is 4.88 Å². The third-order valence-electron chi connectivity index (χ3n) is 6.53. The van der Waals surface area contributed by atoms with Gasteiger partial charge in [0.15, 0.2) is 5.65 Å². The number of thiophene rings is 1. The Labute approximate surface area is 197 Å². The minimum atomic E-state index is -0.690. The first-order valence-electron chi connectivity index (χ1n) is 11.2. The van der Waals surface area contributed by atoms with Gasteiger partial charge in [0.25, 0.3) is 0 Å². The Balaban J connectivity index is 1.58. The van der Waals surface area contributed by atoms with Crippen molar-refractivity contribution in [3.05, 3.63) is 39.9 Å². The Morgan fingerprint density at radius 1 is 1.38 bits per heavy atom. The van der Waals surface area contributed by atoms with Crippen LogP contribution in [-0.2, 0) is 11.2 Å². The molecule has 0 radical (unpaired) electrons. The lowest BCUT2D eigenvalue weighted by Gasteiger charge is -2.20. The van der Waals surface area contributed by atoms with E-state index in [-0.39, 0.29) is 23.9 Å². The van der Waals surface area contributed by atoms with Crippen molar-refractivity contribution in [2.45, 2.75) is 58.2 Å². The molecule has 1 aliphatic carbocycles. The number of carbonyl (C=O) groups is 1. The number of nitrogens with zero attached hydrogens (tertiary/aromatic N) is 3. The van der Waals surface area contributed by atoms with Gasteiger partial charge in [0.05, 0.1) is 29.1 Å². The van der Waals surface area contributed by atoms with Crippen molar-refractivity contribution in [3.8, 4) is 0 Å². The summed E-state index contributed by atoms with van der Waals surface area (Å²) in [5.74, 6) is -0.594. The summed E-state index contributed by atoms with van der Waals surface area (Å²) in [7, 11) is 0. The third kappa shape index (κ3) is 4.36. The number of hydrogen-bond acceptors (Lipinski definition) is 6. The number of amides is 1. The highest BCUT2D eigenvalue weighted by Gasteiger charge is 2.44. The Kier molecular flexibility index (Phi) is 7.02. The lowest BCUT2D eigenvalue weighted by Crippen LogP contribution is -2.35. The standard InChI is InChI=1S/C23H30ClN5O2S/c1-4-14(10-19-16(24)7-9-32-19)28-17-6-8-26-22-20(17)27-12-29(22)18-11-15(21(30)13(18)3)23(31)25-5-2/h6-9,12-15,18,21,30H,4-5,10-11H2,1-3H3,(H,25,31)(H,26,28)/t13-,14+,15-,18?,21-/m0/s1. The van der Waals surface area contributed by atoms with Gasteiger partial charge in [-0.2, -0.15) is 0 Å². The molecular formula is C23H30ClN5O2S. The van der Waals surface area contributed by atoms with Crippen molar-refractivity contribution in [1.82, 2.24) is 19.9 Å². The van der Waals surface area contributed by atoms with E-state index in [1.54, 1.807) is 23.9 Å². The Morgan fingerprint density at radius 2 is 2.19 bits per heavy atom. The average Bonchev–Trinajstić information content (AvgIpc) is 3.47. The summed E-state index contributed by atoms with van der Waals surface area (Å²) >= 11 is 7.98. The Morgan fingerprint density at radius 3 is 2.88 bits per heavy atom. The molecule has 0 spiro atoms. The van der Waals surface area contributed by atoms with Gasteiger partial charge in [0, 0.05) is 42.0 Å². The van der Waals surface area contributed by atoms with Crippen molar-refractivity contribution in [2.75, 3.05) is 11.9 Å². The van der Waals surface area contributed by atoms with Gasteiger partial charge in [0.2, 0.25) is 5.91 Å². The van der Waals surface area contributed by atoms with Crippen molar-refractivity contribution < 1.29 is 9.90 Å². The summed E-state index contributed by atoms with van der Waals surface area (Å²) in [4.78, 5) is 22.8. The van der Waals surface area contributed by atoms with E-state index in [0.29, 0.717) is 13.0 Å². The van der Waals surface area contributed by atoms with Crippen LogP contribution in [0.2, 0.25) is 5.02 Å². The first-order valence-corrected chi connectivity index (χ1v) is 12.5. The molecule has 0 bridgehead atoms. The molecule has 5 atom stereocenters. The van der Waals surface area contributed by atoms with Gasteiger partial charge in [-0.3, -0.25) is 4.79 Å². The van der Waals surface area contributed by atoms with Crippen molar-refractivity contribution in [3.63, 3.8) is 0 Å². The molecule has 172 valence electrons. The zero-order valence-electron chi connectivity index (χ0n) is 18.6.